The molecule has 0 aromatic carbocycles. The van der Waals surface area contributed by atoms with Crippen LogP contribution < -0.4 is 5.43 Å². The first kappa shape index (κ1) is 18.9. The Bertz CT molecular complexity index is 852. The maximum atomic E-state index is 4.80. The van der Waals surface area contributed by atoms with E-state index in [1.165, 1.54) is 43.2 Å². The molecule has 2 aromatic heterocycles. The lowest BCUT2D eigenvalue weighted by Gasteiger charge is -2.32. The highest BCUT2D eigenvalue weighted by atomic mass is 15.3. The van der Waals surface area contributed by atoms with Crippen molar-refractivity contribution in [1.82, 2.24) is 15.4 Å². The predicted octanol–water partition coefficient (Wildman–Crippen LogP) is 5.50. The molecular formula is C24H30N4. The minimum Gasteiger partial charge on any atom is -0.276 e. The molecular weight excluding hydrogens is 344 g/mol. The summed E-state index contributed by atoms with van der Waals surface area (Å²) in [6.45, 7) is 4.38. The number of hydrogen-bond acceptors (Lipinski definition) is 4. The van der Waals surface area contributed by atoms with Gasteiger partial charge < -0.3 is 0 Å². The average Bonchev–Trinajstić information content (AvgIpc) is 2.71. The van der Waals surface area contributed by atoms with Gasteiger partial charge in [0.05, 0.1) is 22.8 Å². The topological polar surface area (TPSA) is 50.2 Å². The smallest absolute Gasteiger partial charge is 0.0935 e. The van der Waals surface area contributed by atoms with E-state index < -0.39 is 0 Å². The second-order valence-corrected chi connectivity index (χ2v) is 8.12. The Hall–Kier alpha value is -2.49. The standard InChI is InChI=1S/C24H30N4/c1-3-7-18-8-6-9-19-20(13-12-18)24(22-14-11-17(2)16-26-22)28-27-23(19)21-10-4-5-15-25-21/h4-5,10-11,14-16,18-19,28H,3,6-9,12-13H2,1-2H3. The van der Waals surface area contributed by atoms with Crippen LogP contribution in [0.4, 0.5) is 0 Å². The predicted molar refractivity (Wildman–Crippen MR) is 115 cm³/mol. The van der Waals surface area contributed by atoms with Crippen molar-refractivity contribution in [3.8, 4) is 0 Å². The molecule has 146 valence electrons. The fourth-order valence-corrected chi connectivity index (χ4v) is 4.61. The molecule has 2 aliphatic rings. The number of nitrogens with one attached hydrogen (secondary N) is 1. The van der Waals surface area contributed by atoms with Crippen LogP contribution in [0.2, 0.25) is 0 Å². The van der Waals surface area contributed by atoms with Crippen LogP contribution in [0.5, 0.6) is 0 Å². The van der Waals surface area contributed by atoms with Crippen LogP contribution in [-0.2, 0) is 0 Å². The molecule has 0 amide bonds. The van der Waals surface area contributed by atoms with Crippen LogP contribution in [0.25, 0.3) is 5.70 Å². The molecule has 1 aliphatic carbocycles. The number of aromatic nitrogens is 2. The Balaban J connectivity index is 1.72. The quantitative estimate of drug-likeness (QED) is 0.769. The molecule has 1 saturated carbocycles. The van der Waals surface area contributed by atoms with Gasteiger partial charge in [0.1, 0.15) is 0 Å². The number of hydrazone groups is 1. The Morgan fingerprint density at radius 1 is 1.04 bits per heavy atom. The van der Waals surface area contributed by atoms with E-state index in [0.29, 0.717) is 5.92 Å². The molecule has 4 rings (SSSR count). The maximum absolute atomic E-state index is 4.80. The van der Waals surface area contributed by atoms with Gasteiger partial charge in [0, 0.05) is 18.3 Å². The first-order valence-corrected chi connectivity index (χ1v) is 10.7. The van der Waals surface area contributed by atoms with Crippen molar-refractivity contribution in [3.63, 3.8) is 0 Å². The van der Waals surface area contributed by atoms with Crippen molar-refractivity contribution >= 4 is 11.4 Å². The lowest BCUT2D eigenvalue weighted by Crippen LogP contribution is -2.31. The molecule has 1 N–H and O–H groups in total. The molecule has 2 atom stereocenters. The first-order chi connectivity index (χ1) is 13.8. The highest BCUT2D eigenvalue weighted by molar-refractivity contribution is 6.04. The van der Waals surface area contributed by atoms with Gasteiger partial charge in [0.15, 0.2) is 0 Å². The summed E-state index contributed by atoms with van der Waals surface area (Å²) in [5.41, 5.74) is 10.2. The van der Waals surface area contributed by atoms with Gasteiger partial charge in [0.25, 0.3) is 0 Å². The van der Waals surface area contributed by atoms with E-state index >= 15 is 0 Å². The molecule has 1 aliphatic heterocycles. The van der Waals surface area contributed by atoms with Crippen LogP contribution >= 0.6 is 0 Å². The molecule has 0 radical (unpaired) electrons. The van der Waals surface area contributed by atoms with Gasteiger partial charge in [-0.05, 0) is 61.4 Å². The number of nitrogens with zero attached hydrogens (tertiary/aromatic N) is 3. The maximum Gasteiger partial charge on any atom is 0.0935 e. The van der Waals surface area contributed by atoms with Crippen molar-refractivity contribution < 1.29 is 0 Å². The fourth-order valence-electron chi connectivity index (χ4n) is 4.61. The van der Waals surface area contributed by atoms with Crippen LogP contribution in [0.1, 0.15) is 68.8 Å². The number of rotatable bonds is 4. The van der Waals surface area contributed by atoms with Gasteiger partial charge in [-0.3, -0.25) is 15.4 Å². The highest BCUT2D eigenvalue weighted by Crippen LogP contribution is 2.38. The van der Waals surface area contributed by atoms with E-state index in [2.05, 4.69) is 42.5 Å². The van der Waals surface area contributed by atoms with E-state index in [-0.39, 0.29) is 0 Å². The van der Waals surface area contributed by atoms with E-state index in [0.717, 1.165) is 41.6 Å². The summed E-state index contributed by atoms with van der Waals surface area (Å²) in [5, 5.41) is 4.80. The van der Waals surface area contributed by atoms with E-state index in [1.807, 2.05) is 24.5 Å². The van der Waals surface area contributed by atoms with Gasteiger partial charge in [0.2, 0.25) is 0 Å². The summed E-state index contributed by atoms with van der Waals surface area (Å²) < 4.78 is 0. The minimum absolute atomic E-state index is 0.330. The van der Waals surface area contributed by atoms with Crippen LogP contribution in [-0.4, -0.2) is 15.7 Å². The highest BCUT2D eigenvalue weighted by Gasteiger charge is 2.31. The first-order valence-electron chi connectivity index (χ1n) is 10.7. The Morgan fingerprint density at radius 2 is 1.96 bits per heavy atom. The molecule has 28 heavy (non-hydrogen) atoms. The van der Waals surface area contributed by atoms with Gasteiger partial charge >= 0.3 is 0 Å². The molecule has 1 fully saturated rings. The second-order valence-electron chi connectivity index (χ2n) is 8.12. The molecule has 4 nitrogen and oxygen atoms in total. The molecule has 3 heterocycles. The fraction of sp³-hybridized carbons (Fsp3) is 0.458. The molecule has 2 aromatic rings. The van der Waals surface area contributed by atoms with Crippen LogP contribution in [0.3, 0.4) is 0 Å². The zero-order valence-corrected chi connectivity index (χ0v) is 17.0. The van der Waals surface area contributed by atoms with Gasteiger partial charge in [-0.1, -0.05) is 44.7 Å². The number of fused-ring (bicyclic) bond motifs is 1. The third-order valence-corrected chi connectivity index (χ3v) is 6.08. The SMILES string of the molecule is CCCC1CCCC2C(c3ccccn3)=NNC(c3ccc(C)cn3)=C2CC1. The normalized spacial score (nSPS) is 22.6. The van der Waals surface area contributed by atoms with Crippen molar-refractivity contribution in [1.29, 1.82) is 0 Å². The zero-order valence-electron chi connectivity index (χ0n) is 17.0. The summed E-state index contributed by atoms with van der Waals surface area (Å²) in [6.07, 6.45) is 12.5. The summed E-state index contributed by atoms with van der Waals surface area (Å²) in [7, 11) is 0. The van der Waals surface area contributed by atoms with Crippen molar-refractivity contribution in [2.45, 2.75) is 58.8 Å². The average molecular weight is 375 g/mol. The Kier molecular flexibility index (Phi) is 5.84. The monoisotopic (exact) mass is 374 g/mol. The summed E-state index contributed by atoms with van der Waals surface area (Å²) in [5.74, 6) is 1.17. The zero-order chi connectivity index (χ0) is 19.3. The molecule has 4 heteroatoms. The Morgan fingerprint density at radius 3 is 2.71 bits per heavy atom. The van der Waals surface area contributed by atoms with E-state index in [1.54, 1.807) is 0 Å². The molecule has 0 spiro atoms. The lowest BCUT2D eigenvalue weighted by atomic mass is 9.77. The molecule has 2 unspecified atom stereocenters. The Labute approximate surface area is 168 Å². The number of pyridine rings is 2. The minimum atomic E-state index is 0.330. The third kappa shape index (κ3) is 4.01. The van der Waals surface area contributed by atoms with Crippen molar-refractivity contribution in [2.24, 2.45) is 16.9 Å². The second kappa shape index (κ2) is 8.68. The van der Waals surface area contributed by atoms with Crippen LogP contribution in [0.15, 0.2) is 53.4 Å². The van der Waals surface area contributed by atoms with Crippen molar-refractivity contribution in [3.05, 3.63) is 65.2 Å². The van der Waals surface area contributed by atoms with Gasteiger partial charge in [-0.2, -0.15) is 5.10 Å². The third-order valence-electron chi connectivity index (χ3n) is 6.08. The van der Waals surface area contributed by atoms with Gasteiger partial charge in [-0.15, -0.1) is 0 Å². The van der Waals surface area contributed by atoms with E-state index in [9.17, 15) is 0 Å². The molecule has 0 saturated heterocycles. The summed E-state index contributed by atoms with van der Waals surface area (Å²) in [6, 6.07) is 10.3. The van der Waals surface area contributed by atoms with Gasteiger partial charge in [-0.25, -0.2) is 0 Å². The van der Waals surface area contributed by atoms with E-state index in [4.69, 9.17) is 10.1 Å². The number of aryl methyl sites for hydroxylation is 1. The summed E-state index contributed by atoms with van der Waals surface area (Å²) in [4.78, 5) is 9.29. The van der Waals surface area contributed by atoms with Crippen molar-refractivity contribution in [2.75, 3.05) is 0 Å². The molecule has 0 bridgehead atoms. The largest absolute Gasteiger partial charge is 0.276 e. The number of hydrogen-bond donors (Lipinski definition) is 1. The van der Waals surface area contributed by atoms with Crippen LogP contribution in [0, 0.1) is 18.8 Å². The number of allylic oxidation sites excluding steroid dienone is 1. The lowest BCUT2D eigenvalue weighted by molar-refractivity contribution is 0.369. The summed E-state index contributed by atoms with van der Waals surface area (Å²) >= 11 is 0.